The van der Waals surface area contributed by atoms with Crippen LogP contribution in [0, 0.1) is 5.92 Å². The van der Waals surface area contributed by atoms with E-state index in [1.54, 1.807) is 9.47 Å². The fraction of sp³-hybridized carbons (Fsp3) is 0.800. The van der Waals surface area contributed by atoms with Gasteiger partial charge in [0.1, 0.15) is 12.4 Å². The van der Waals surface area contributed by atoms with Crippen LogP contribution in [0.3, 0.4) is 0 Å². The van der Waals surface area contributed by atoms with Gasteiger partial charge in [-0.05, 0) is 31.6 Å². The SMILES string of the molecule is O=C(Cn1nc2n(c1=O)CCCCC2)N1CCC(CO)CC1. The summed E-state index contributed by atoms with van der Waals surface area (Å²) in [5.74, 6) is 1.07. The van der Waals surface area contributed by atoms with E-state index in [2.05, 4.69) is 5.10 Å². The molecule has 3 heterocycles. The number of carbonyl (C=O) groups is 1. The van der Waals surface area contributed by atoms with Gasteiger partial charge in [-0.15, -0.1) is 0 Å². The van der Waals surface area contributed by atoms with Crippen LogP contribution in [-0.4, -0.2) is 50.0 Å². The number of fused-ring (bicyclic) bond motifs is 1. The maximum Gasteiger partial charge on any atom is 0.346 e. The third kappa shape index (κ3) is 3.09. The smallest absolute Gasteiger partial charge is 0.346 e. The first kappa shape index (κ1) is 15.3. The molecule has 0 spiro atoms. The van der Waals surface area contributed by atoms with Gasteiger partial charge < -0.3 is 10.0 Å². The summed E-state index contributed by atoms with van der Waals surface area (Å²) in [6.45, 7) is 2.25. The number of hydrogen-bond acceptors (Lipinski definition) is 4. The van der Waals surface area contributed by atoms with Gasteiger partial charge in [0.15, 0.2) is 0 Å². The summed E-state index contributed by atoms with van der Waals surface area (Å²) in [5.41, 5.74) is -0.157. The van der Waals surface area contributed by atoms with Crippen molar-refractivity contribution in [1.82, 2.24) is 19.2 Å². The highest BCUT2D eigenvalue weighted by molar-refractivity contribution is 5.75. The van der Waals surface area contributed by atoms with Crippen molar-refractivity contribution in [2.75, 3.05) is 19.7 Å². The van der Waals surface area contributed by atoms with Crippen molar-refractivity contribution in [1.29, 1.82) is 0 Å². The minimum atomic E-state index is -0.157. The van der Waals surface area contributed by atoms with E-state index < -0.39 is 0 Å². The quantitative estimate of drug-likeness (QED) is 0.852. The average Bonchev–Trinajstić information content (AvgIpc) is 2.71. The predicted octanol–water partition coefficient (Wildman–Crippen LogP) is 0.00210. The fourth-order valence-corrected chi connectivity index (χ4v) is 3.32. The van der Waals surface area contributed by atoms with Crippen molar-refractivity contribution < 1.29 is 9.90 Å². The Balaban J connectivity index is 1.66. The molecule has 2 aliphatic heterocycles. The van der Waals surface area contributed by atoms with Gasteiger partial charge in [0.05, 0.1) is 0 Å². The molecule has 0 bridgehead atoms. The van der Waals surface area contributed by atoms with Crippen molar-refractivity contribution in [3.63, 3.8) is 0 Å². The molecule has 1 fully saturated rings. The van der Waals surface area contributed by atoms with Crippen molar-refractivity contribution in [3.05, 3.63) is 16.3 Å². The number of carbonyl (C=O) groups excluding carboxylic acids is 1. The minimum absolute atomic E-state index is 0.0304. The summed E-state index contributed by atoms with van der Waals surface area (Å²) in [6.07, 6.45) is 5.66. The minimum Gasteiger partial charge on any atom is -0.396 e. The normalized spacial score (nSPS) is 19.8. The summed E-state index contributed by atoms with van der Waals surface area (Å²) < 4.78 is 3.04. The predicted molar refractivity (Wildman–Crippen MR) is 80.4 cm³/mol. The molecule has 0 saturated carbocycles. The number of nitrogens with zero attached hydrogens (tertiary/aromatic N) is 4. The molecule has 122 valence electrons. The molecule has 1 N–H and O–H groups in total. The molecule has 7 nitrogen and oxygen atoms in total. The molecular formula is C15H24N4O3. The van der Waals surface area contributed by atoms with E-state index in [9.17, 15) is 9.59 Å². The van der Waals surface area contributed by atoms with Gasteiger partial charge in [-0.25, -0.2) is 9.48 Å². The molecule has 0 aromatic carbocycles. The molecule has 0 atom stereocenters. The van der Waals surface area contributed by atoms with E-state index in [0.29, 0.717) is 25.6 Å². The Morgan fingerprint density at radius 1 is 1.18 bits per heavy atom. The maximum absolute atomic E-state index is 12.3. The Kier molecular flexibility index (Phi) is 4.61. The third-order valence-corrected chi connectivity index (χ3v) is 4.79. The van der Waals surface area contributed by atoms with Crippen LogP contribution in [0.4, 0.5) is 0 Å². The van der Waals surface area contributed by atoms with Crippen LogP contribution in [0.5, 0.6) is 0 Å². The van der Waals surface area contributed by atoms with Gasteiger partial charge in [0, 0.05) is 32.7 Å². The zero-order valence-corrected chi connectivity index (χ0v) is 12.9. The first-order valence-corrected chi connectivity index (χ1v) is 8.24. The van der Waals surface area contributed by atoms with Crippen molar-refractivity contribution in [2.24, 2.45) is 5.92 Å². The fourth-order valence-electron chi connectivity index (χ4n) is 3.32. The van der Waals surface area contributed by atoms with Crippen LogP contribution < -0.4 is 5.69 Å². The van der Waals surface area contributed by atoms with Crippen molar-refractivity contribution >= 4 is 5.91 Å². The Morgan fingerprint density at radius 3 is 2.68 bits per heavy atom. The average molecular weight is 308 g/mol. The van der Waals surface area contributed by atoms with Crippen molar-refractivity contribution in [3.8, 4) is 0 Å². The van der Waals surface area contributed by atoms with Gasteiger partial charge >= 0.3 is 5.69 Å². The lowest BCUT2D eigenvalue weighted by Crippen LogP contribution is -2.42. The highest BCUT2D eigenvalue weighted by Gasteiger charge is 2.24. The second-order valence-electron chi connectivity index (χ2n) is 6.33. The number of likely N-dealkylation sites (tertiary alicyclic amines) is 1. The molecular weight excluding hydrogens is 284 g/mol. The molecule has 2 aliphatic rings. The monoisotopic (exact) mass is 308 g/mol. The van der Waals surface area contributed by atoms with Gasteiger partial charge in [-0.3, -0.25) is 9.36 Å². The second-order valence-corrected chi connectivity index (χ2v) is 6.33. The van der Waals surface area contributed by atoms with E-state index in [-0.39, 0.29) is 24.7 Å². The zero-order valence-electron chi connectivity index (χ0n) is 12.9. The highest BCUT2D eigenvalue weighted by atomic mass is 16.3. The Hall–Kier alpha value is -1.63. The van der Waals surface area contributed by atoms with Gasteiger partial charge in [0.25, 0.3) is 0 Å². The highest BCUT2D eigenvalue weighted by Crippen LogP contribution is 2.16. The van der Waals surface area contributed by atoms with E-state index >= 15 is 0 Å². The van der Waals surface area contributed by atoms with Gasteiger partial charge in [-0.1, -0.05) is 6.42 Å². The third-order valence-electron chi connectivity index (χ3n) is 4.79. The lowest BCUT2D eigenvalue weighted by Gasteiger charge is -2.31. The Labute approximate surface area is 129 Å². The molecule has 7 heteroatoms. The number of rotatable bonds is 3. The maximum atomic E-state index is 12.3. The van der Waals surface area contributed by atoms with Crippen LogP contribution in [0.2, 0.25) is 0 Å². The first-order chi connectivity index (χ1) is 10.7. The zero-order chi connectivity index (χ0) is 15.5. The van der Waals surface area contributed by atoms with Crippen LogP contribution >= 0.6 is 0 Å². The summed E-state index contributed by atoms with van der Waals surface area (Å²) in [4.78, 5) is 26.5. The molecule has 0 radical (unpaired) electrons. The van der Waals surface area contributed by atoms with Crippen LogP contribution in [0.15, 0.2) is 4.79 Å². The molecule has 0 unspecified atom stereocenters. The molecule has 1 aromatic heterocycles. The lowest BCUT2D eigenvalue weighted by atomic mass is 9.98. The van der Waals surface area contributed by atoms with Crippen LogP contribution in [0.1, 0.15) is 37.9 Å². The van der Waals surface area contributed by atoms with E-state index in [1.807, 2.05) is 0 Å². The van der Waals surface area contributed by atoms with Crippen molar-refractivity contribution in [2.45, 2.75) is 51.6 Å². The molecule has 22 heavy (non-hydrogen) atoms. The molecule has 1 aromatic rings. The summed E-state index contributed by atoms with van der Waals surface area (Å²) in [5, 5.41) is 13.5. The molecule has 3 rings (SSSR count). The number of hydrogen-bond donors (Lipinski definition) is 1. The number of aryl methyl sites for hydroxylation is 1. The number of piperidine rings is 1. The topological polar surface area (TPSA) is 80.4 Å². The van der Waals surface area contributed by atoms with Crippen LogP contribution in [-0.2, 0) is 24.3 Å². The number of amides is 1. The Bertz CT molecular complexity index is 584. The van der Waals surface area contributed by atoms with E-state index in [4.69, 9.17) is 5.11 Å². The van der Waals surface area contributed by atoms with Gasteiger partial charge in [0.2, 0.25) is 5.91 Å². The molecule has 0 aliphatic carbocycles. The molecule has 1 saturated heterocycles. The number of aliphatic hydroxyl groups excluding tert-OH is 1. The summed E-state index contributed by atoms with van der Waals surface area (Å²) >= 11 is 0. The van der Waals surface area contributed by atoms with Crippen LogP contribution in [0.25, 0.3) is 0 Å². The Morgan fingerprint density at radius 2 is 1.95 bits per heavy atom. The first-order valence-electron chi connectivity index (χ1n) is 8.24. The number of aliphatic hydroxyl groups is 1. The second kappa shape index (κ2) is 6.64. The summed E-state index contributed by atoms with van der Waals surface area (Å²) in [7, 11) is 0. The van der Waals surface area contributed by atoms with E-state index in [1.165, 1.54) is 4.68 Å². The van der Waals surface area contributed by atoms with Gasteiger partial charge in [-0.2, -0.15) is 5.10 Å². The number of aromatic nitrogens is 3. The van der Waals surface area contributed by atoms with E-state index in [0.717, 1.165) is 44.3 Å². The standard InChI is InChI=1S/C15H24N4O3/c20-11-12-5-8-17(9-6-12)14(21)10-19-15(22)18-7-3-1-2-4-13(18)16-19/h12,20H,1-11H2. The largest absolute Gasteiger partial charge is 0.396 e. The summed E-state index contributed by atoms with van der Waals surface area (Å²) in [6, 6.07) is 0. The lowest BCUT2D eigenvalue weighted by molar-refractivity contribution is -0.133. The molecule has 1 amide bonds.